The number of aromatic nitrogens is 3. The zero-order valence-corrected chi connectivity index (χ0v) is 27.4. The Morgan fingerprint density at radius 3 is 2.50 bits per heavy atom. The van der Waals surface area contributed by atoms with E-state index >= 15 is 0 Å². The highest BCUT2D eigenvalue weighted by Gasteiger charge is 2.32. The van der Waals surface area contributed by atoms with E-state index < -0.39 is 17.8 Å². The molecule has 3 heterocycles. The predicted octanol–water partition coefficient (Wildman–Crippen LogP) is 4.02. The molecule has 3 amide bonds. The van der Waals surface area contributed by atoms with Gasteiger partial charge in [-0.15, -0.1) is 5.06 Å². The van der Waals surface area contributed by atoms with Crippen LogP contribution in [-0.4, -0.2) is 68.2 Å². The van der Waals surface area contributed by atoms with Gasteiger partial charge in [0.1, 0.15) is 17.1 Å². The Balaban J connectivity index is 1.13. The molecular formula is C35H42N6O7. The minimum atomic E-state index is -0.725. The summed E-state index contributed by atoms with van der Waals surface area (Å²) in [5.41, 5.74) is 11.8. The number of aryl methyl sites for hydroxylation is 2. The molecule has 5 rings (SSSR count). The van der Waals surface area contributed by atoms with Crippen molar-refractivity contribution in [2.45, 2.75) is 78.2 Å². The first kappa shape index (κ1) is 34.3. The number of anilines is 1. The number of carbonyl (C=O) groups is 4. The third kappa shape index (κ3) is 8.26. The van der Waals surface area contributed by atoms with E-state index in [4.69, 9.17) is 25.3 Å². The Morgan fingerprint density at radius 1 is 0.979 bits per heavy atom. The molecule has 0 radical (unpaired) electrons. The van der Waals surface area contributed by atoms with Crippen LogP contribution in [0.4, 0.5) is 5.82 Å². The molecule has 1 fully saturated rings. The number of aromatic hydroxyl groups is 1. The average Bonchev–Trinajstić information content (AvgIpc) is 3.58. The van der Waals surface area contributed by atoms with E-state index in [9.17, 15) is 24.3 Å². The van der Waals surface area contributed by atoms with Gasteiger partial charge in [0.2, 0.25) is 5.91 Å². The molecule has 254 valence electrons. The van der Waals surface area contributed by atoms with Gasteiger partial charge in [-0.3, -0.25) is 14.4 Å². The molecule has 0 saturated carbocycles. The molecule has 48 heavy (non-hydrogen) atoms. The second kappa shape index (κ2) is 15.7. The number of pyridine rings is 1. The highest BCUT2D eigenvalue weighted by Crippen LogP contribution is 2.31. The van der Waals surface area contributed by atoms with Crippen LogP contribution in [0, 0.1) is 6.92 Å². The standard InChI is InChI=1S/C35H42N6O7/c1-3-4-6-28-39-33-34(40(28)21-24-10-12-27(42)22(2)19-24)25-11-9-23(20-26(25)38-35(33)36)15-17-47-18-16-37-29(43)7-5-8-32(46)48-41-30(44)13-14-31(41)45/h9-12,19-20,42H,3-8,13-18,21H2,1-2H3,(H2,36,38)(H,37,43). The molecule has 0 bridgehead atoms. The number of hydrogen-bond acceptors (Lipinski definition) is 10. The highest BCUT2D eigenvalue weighted by atomic mass is 16.7. The van der Waals surface area contributed by atoms with Gasteiger partial charge >= 0.3 is 5.97 Å². The molecule has 13 nitrogen and oxygen atoms in total. The molecular weight excluding hydrogens is 616 g/mol. The second-order valence-electron chi connectivity index (χ2n) is 12.0. The van der Waals surface area contributed by atoms with E-state index in [-0.39, 0.29) is 43.8 Å². The molecule has 2 aromatic heterocycles. The Kier molecular flexibility index (Phi) is 11.2. The summed E-state index contributed by atoms with van der Waals surface area (Å²) in [6, 6.07) is 11.8. The quantitative estimate of drug-likeness (QED) is 0.118. The number of ether oxygens (including phenoxy) is 1. The van der Waals surface area contributed by atoms with Gasteiger partial charge in [0.15, 0.2) is 5.82 Å². The SMILES string of the molecule is CCCCc1nc2c(N)nc3cc(CCOCCNC(=O)CCCC(=O)ON4C(=O)CCC4=O)ccc3c2n1Cc1ccc(O)c(C)c1. The molecule has 13 heteroatoms. The van der Waals surface area contributed by atoms with Gasteiger partial charge in [-0.05, 0) is 55.0 Å². The lowest BCUT2D eigenvalue weighted by atomic mass is 10.1. The van der Waals surface area contributed by atoms with Crippen LogP contribution in [0.1, 0.15) is 74.4 Å². The van der Waals surface area contributed by atoms with Gasteiger partial charge in [0.05, 0.1) is 24.2 Å². The summed E-state index contributed by atoms with van der Waals surface area (Å²) in [4.78, 5) is 61.4. The lowest BCUT2D eigenvalue weighted by Gasteiger charge is -2.13. The van der Waals surface area contributed by atoms with Crippen molar-refractivity contribution in [1.82, 2.24) is 24.9 Å². The fourth-order valence-electron chi connectivity index (χ4n) is 5.70. The summed E-state index contributed by atoms with van der Waals surface area (Å²) >= 11 is 0. The Bertz CT molecular complexity index is 1820. The Hall–Kier alpha value is -5.04. The molecule has 1 aliphatic heterocycles. The minimum Gasteiger partial charge on any atom is -0.508 e. The number of imide groups is 1. The smallest absolute Gasteiger partial charge is 0.333 e. The highest BCUT2D eigenvalue weighted by molar-refractivity contribution is 6.07. The summed E-state index contributed by atoms with van der Waals surface area (Å²) in [5.74, 6) is -0.419. The van der Waals surface area contributed by atoms with Crippen molar-refractivity contribution >= 4 is 51.4 Å². The maximum absolute atomic E-state index is 12.1. The van der Waals surface area contributed by atoms with E-state index in [0.717, 1.165) is 58.2 Å². The number of carbonyl (C=O) groups excluding carboxylic acids is 4. The topological polar surface area (TPSA) is 179 Å². The fourth-order valence-corrected chi connectivity index (χ4v) is 5.70. The number of unbranched alkanes of at least 4 members (excludes halogenated alkanes) is 1. The molecule has 1 saturated heterocycles. The number of nitrogens with two attached hydrogens (primary N) is 1. The first-order valence-corrected chi connectivity index (χ1v) is 16.4. The number of rotatable bonds is 16. The Morgan fingerprint density at radius 2 is 1.75 bits per heavy atom. The number of nitrogen functional groups attached to an aromatic ring is 1. The number of nitrogens with zero attached hydrogens (tertiary/aromatic N) is 4. The van der Waals surface area contributed by atoms with E-state index in [0.29, 0.717) is 49.1 Å². The van der Waals surface area contributed by atoms with Crippen LogP contribution >= 0.6 is 0 Å². The third-order valence-corrected chi connectivity index (χ3v) is 8.29. The number of hydroxylamine groups is 2. The number of phenolic OH excluding ortho intramolecular Hbond substituents is 1. The van der Waals surface area contributed by atoms with Gasteiger partial charge in [-0.25, -0.2) is 14.8 Å². The normalized spacial score (nSPS) is 13.2. The zero-order valence-electron chi connectivity index (χ0n) is 27.4. The summed E-state index contributed by atoms with van der Waals surface area (Å²) in [5, 5.41) is 14.3. The molecule has 1 aliphatic rings. The lowest BCUT2D eigenvalue weighted by molar-refractivity contribution is -0.197. The van der Waals surface area contributed by atoms with Gasteiger partial charge in [-0.1, -0.05) is 37.6 Å². The van der Waals surface area contributed by atoms with Gasteiger partial charge < -0.3 is 30.3 Å². The Labute approximate surface area is 278 Å². The van der Waals surface area contributed by atoms with Crippen LogP contribution in [0.3, 0.4) is 0 Å². The molecule has 0 unspecified atom stereocenters. The van der Waals surface area contributed by atoms with Crippen LogP contribution in [0.25, 0.3) is 21.9 Å². The summed E-state index contributed by atoms with van der Waals surface area (Å²) in [6.07, 6.45) is 3.81. The maximum Gasteiger partial charge on any atom is 0.333 e. The number of benzene rings is 2. The van der Waals surface area contributed by atoms with Crippen LogP contribution in [0.5, 0.6) is 5.75 Å². The van der Waals surface area contributed by atoms with Crippen LogP contribution in [0.15, 0.2) is 36.4 Å². The molecule has 4 aromatic rings. The minimum absolute atomic E-state index is 0.0328. The van der Waals surface area contributed by atoms with E-state index in [1.165, 1.54) is 0 Å². The number of nitrogens with one attached hydrogen (secondary N) is 1. The number of imidazole rings is 1. The number of phenols is 1. The fraction of sp³-hybridized carbons (Fsp3) is 0.429. The third-order valence-electron chi connectivity index (χ3n) is 8.29. The second-order valence-corrected chi connectivity index (χ2v) is 12.0. The first-order chi connectivity index (χ1) is 23.1. The average molecular weight is 659 g/mol. The number of fused-ring (bicyclic) bond motifs is 3. The van der Waals surface area contributed by atoms with E-state index in [2.05, 4.69) is 28.9 Å². The predicted molar refractivity (Wildman–Crippen MR) is 179 cm³/mol. The van der Waals surface area contributed by atoms with Gasteiger partial charge in [0, 0.05) is 50.6 Å². The van der Waals surface area contributed by atoms with Crippen LogP contribution in [0.2, 0.25) is 0 Å². The van der Waals surface area contributed by atoms with Crippen molar-refractivity contribution in [3.63, 3.8) is 0 Å². The van der Waals surface area contributed by atoms with E-state index in [1.807, 2.05) is 25.1 Å². The van der Waals surface area contributed by atoms with Crippen LogP contribution in [-0.2, 0) is 48.1 Å². The monoisotopic (exact) mass is 658 g/mol. The largest absolute Gasteiger partial charge is 0.508 e. The van der Waals surface area contributed by atoms with Gasteiger partial charge in [0.25, 0.3) is 11.8 Å². The van der Waals surface area contributed by atoms with Crippen molar-refractivity contribution in [1.29, 1.82) is 0 Å². The van der Waals surface area contributed by atoms with Crippen molar-refractivity contribution < 1.29 is 33.9 Å². The molecule has 0 spiro atoms. The summed E-state index contributed by atoms with van der Waals surface area (Å²) in [7, 11) is 0. The van der Waals surface area contributed by atoms with Crippen molar-refractivity contribution in [2.75, 3.05) is 25.5 Å². The van der Waals surface area contributed by atoms with Crippen molar-refractivity contribution in [3.8, 4) is 5.75 Å². The molecule has 0 atom stereocenters. The molecule has 2 aromatic carbocycles. The summed E-state index contributed by atoms with van der Waals surface area (Å²) in [6.45, 7) is 5.72. The summed E-state index contributed by atoms with van der Waals surface area (Å²) < 4.78 is 7.96. The molecule has 4 N–H and O–H groups in total. The lowest BCUT2D eigenvalue weighted by Crippen LogP contribution is -2.32. The van der Waals surface area contributed by atoms with Crippen molar-refractivity contribution in [2.24, 2.45) is 0 Å². The van der Waals surface area contributed by atoms with Crippen molar-refractivity contribution in [3.05, 3.63) is 58.9 Å². The van der Waals surface area contributed by atoms with Gasteiger partial charge in [-0.2, -0.15) is 0 Å². The number of amides is 3. The first-order valence-electron chi connectivity index (χ1n) is 16.4. The zero-order chi connectivity index (χ0) is 34.2. The molecule has 0 aliphatic carbocycles. The maximum atomic E-state index is 12.1. The van der Waals surface area contributed by atoms with Crippen LogP contribution < -0.4 is 11.1 Å². The van der Waals surface area contributed by atoms with E-state index in [1.54, 1.807) is 6.07 Å². The number of hydrogen-bond donors (Lipinski definition) is 3.